The van der Waals surface area contributed by atoms with Gasteiger partial charge in [-0.25, -0.2) is 5.01 Å². The number of carbonyl (C=O) groups excluding carboxylic acids is 1. The first-order valence-corrected chi connectivity index (χ1v) is 9.45. The van der Waals surface area contributed by atoms with Gasteiger partial charge in [0.05, 0.1) is 6.54 Å². The number of likely N-dealkylation sites (N-methyl/N-ethyl adjacent to an activating group) is 1. The molecule has 10 heteroatoms. The van der Waals surface area contributed by atoms with Crippen LogP contribution in [0, 0.1) is 0 Å². The molecule has 1 rings (SSSR count). The van der Waals surface area contributed by atoms with E-state index in [0.29, 0.717) is 18.6 Å². The molecule has 0 saturated carbocycles. The molecule has 9 nitrogen and oxygen atoms in total. The molecule has 1 amide bonds. The monoisotopic (exact) mass is 366 g/mol. The Balaban J connectivity index is 2.48. The molecule has 2 atom stereocenters. The number of carbonyl (C=O) groups is 1. The zero-order valence-electron chi connectivity index (χ0n) is 15.1. The van der Waals surface area contributed by atoms with Gasteiger partial charge in [-0.3, -0.25) is 14.2 Å². The number of likely N-dealkylation sites (tertiary alicyclic amines) is 1. The molecule has 0 bridgehead atoms. The molecule has 2 unspecified atom stereocenters. The van der Waals surface area contributed by atoms with E-state index in [9.17, 15) is 13.2 Å². The summed E-state index contributed by atoms with van der Waals surface area (Å²) in [5.41, 5.74) is 1.46. The molecule has 1 saturated heterocycles. The van der Waals surface area contributed by atoms with Crippen molar-refractivity contribution >= 4 is 16.3 Å². The number of nitrogens with one attached hydrogen (secondary N) is 2. The van der Waals surface area contributed by atoms with Crippen LogP contribution in [0.2, 0.25) is 0 Å². The van der Waals surface area contributed by atoms with Gasteiger partial charge in [0, 0.05) is 31.2 Å². The van der Waals surface area contributed by atoms with E-state index in [1.165, 1.54) is 18.5 Å². The second-order valence-corrected chi connectivity index (χ2v) is 8.21. The Hall–Kier alpha value is -0.780. The third kappa shape index (κ3) is 7.86. The van der Waals surface area contributed by atoms with Crippen LogP contribution in [0.4, 0.5) is 0 Å². The van der Waals surface area contributed by atoms with Crippen molar-refractivity contribution in [3.8, 4) is 0 Å². The summed E-state index contributed by atoms with van der Waals surface area (Å²) in [5.74, 6) is -0.0790. The van der Waals surface area contributed by atoms with Gasteiger partial charge in [0.15, 0.2) is 0 Å². The van der Waals surface area contributed by atoms with Crippen molar-refractivity contribution in [2.24, 2.45) is 0 Å². The van der Waals surface area contributed by atoms with Crippen LogP contribution in [0.5, 0.6) is 0 Å². The van der Waals surface area contributed by atoms with Crippen LogP contribution in [0.3, 0.4) is 0 Å². The van der Waals surface area contributed by atoms with E-state index >= 15 is 0 Å². The third-order valence-corrected chi connectivity index (χ3v) is 4.40. The van der Waals surface area contributed by atoms with E-state index in [1.54, 1.807) is 0 Å². The lowest BCUT2D eigenvalue weighted by Crippen LogP contribution is -2.57. The summed E-state index contributed by atoms with van der Waals surface area (Å²) in [7, 11) is -3.04. The first-order valence-electron chi connectivity index (χ1n) is 8.09. The van der Waals surface area contributed by atoms with Gasteiger partial charge < -0.3 is 5.32 Å². The molecule has 1 aliphatic rings. The fourth-order valence-electron chi connectivity index (χ4n) is 3.14. The zero-order valence-corrected chi connectivity index (χ0v) is 15.9. The molecule has 0 aromatic rings. The largest absolute Gasteiger partial charge is 0.414 e. The van der Waals surface area contributed by atoms with E-state index in [-0.39, 0.29) is 12.5 Å². The molecular weight excluding hydrogens is 336 g/mol. The minimum atomic E-state index is -4.58. The van der Waals surface area contributed by atoms with Crippen molar-refractivity contribution in [2.45, 2.75) is 64.6 Å². The highest BCUT2D eigenvalue weighted by Crippen LogP contribution is 2.21. The van der Waals surface area contributed by atoms with Crippen molar-refractivity contribution in [2.75, 3.05) is 20.1 Å². The van der Waals surface area contributed by atoms with Gasteiger partial charge in [-0.1, -0.05) is 6.42 Å². The van der Waals surface area contributed by atoms with Crippen molar-refractivity contribution in [1.82, 2.24) is 20.8 Å². The quantitative estimate of drug-likeness (QED) is 0.416. The molecule has 0 aromatic heterocycles. The number of hydrogen-bond acceptors (Lipinski definition) is 7. The van der Waals surface area contributed by atoms with Gasteiger partial charge in [0.2, 0.25) is 5.91 Å². The van der Waals surface area contributed by atoms with Crippen molar-refractivity contribution < 1.29 is 22.0 Å². The smallest absolute Gasteiger partial charge is 0.349 e. The lowest BCUT2D eigenvalue weighted by molar-refractivity contribution is -0.126. The van der Waals surface area contributed by atoms with Gasteiger partial charge in [-0.2, -0.15) is 8.42 Å². The number of piperidine rings is 1. The standard InChI is InChI=1S/C14H30N4O5S/c1-11-7-6-8-12(2)18(11)9-13(19)15-14(3,4)10-17(5)16-23-24(20,21)22/h11-12,16H,6-10H2,1-5H3,(H,15,19)(H,20,21,22). The molecule has 1 heterocycles. The molecule has 0 radical (unpaired) electrons. The Morgan fingerprint density at radius 3 is 2.38 bits per heavy atom. The van der Waals surface area contributed by atoms with Gasteiger partial charge in [0.1, 0.15) is 0 Å². The SMILES string of the molecule is CC1CCCC(C)N1CC(=O)NC(C)(C)CN(C)NOS(=O)(=O)O. The molecule has 0 spiro atoms. The van der Waals surface area contributed by atoms with E-state index in [0.717, 1.165) is 12.8 Å². The molecule has 1 aliphatic heterocycles. The first-order chi connectivity index (χ1) is 10.9. The lowest BCUT2D eigenvalue weighted by Gasteiger charge is -2.39. The maximum absolute atomic E-state index is 12.4. The highest BCUT2D eigenvalue weighted by Gasteiger charge is 2.29. The average Bonchev–Trinajstić information content (AvgIpc) is 2.39. The predicted octanol–water partition coefficient (Wildman–Crippen LogP) is 0.315. The Morgan fingerprint density at radius 2 is 1.88 bits per heavy atom. The van der Waals surface area contributed by atoms with E-state index in [1.807, 2.05) is 13.8 Å². The van der Waals surface area contributed by atoms with Gasteiger partial charge >= 0.3 is 10.4 Å². The fraction of sp³-hybridized carbons (Fsp3) is 0.929. The van der Waals surface area contributed by atoms with E-state index in [2.05, 4.69) is 33.9 Å². The lowest BCUT2D eigenvalue weighted by atomic mass is 9.97. The zero-order chi connectivity index (χ0) is 18.5. The van der Waals surface area contributed by atoms with Crippen LogP contribution in [-0.2, 0) is 19.5 Å². The summed E-state index contributed by atoms with van der Waals surface area (Å²) in [6, 6.07) is 0.769. The minimum Gasteiger partial charge on any atom is -0.349 e. The van der Waals surface area contributed by atoms with Crippen molar-refractivity contribution in [3.05, 3.63) is 0 Å². The van der Waals surface area contributed by atoms with Crippen LogP contribution in [0.25, 0.3) is 0 Å². The molecule has 142 valence electrons. The van der Waals surface area contributed by atoms with Crippen LogP contribution < -0.4 is 10.9 Å². The summed E-state index contributed by atoms with van der Waals surface area (Å²) in [4.78, 5) is 14.6. The minimum absolute atomic E-state index is 0.0790. The average molecular weight is 366 g/mol. The number of hydrogen-bond donors (Lipinski definition) is 3. The normalized spacial score (nSPS) is 23.5. The van der Waals surface area contributed by atoms with Crippen LogP contribution in [-0.4, -0.2) is 66.5 Å². The highest BCUT2D eigenvalue weighted by molar-refractivity contribution is 7.80. The number of rotatable bonds is 8. The Kier molecular flexibility index (Phi) is 7.57. The van der Waals surface area contributed by atoms with Crippen LogP contribution >= 0.6 is 0 Å². The number of nitrogens with zero attached hydrogens (tertiary/aromatic N) is 2. The first kappa shape index (κ1) is 21.3. The maximum Gasteiger partial charge on any atom is 0.414 e. The molecule has 0 aliphatic carbocycles. The molecular formula is C14H30N4O5S. The number of amides is 1. The second-order valence-electron chi connectivity index (χ2n) is 7.19. The fourth-order valence-corrected chi connectivity index (χ4v) is 3.37. The summed E-state index contributed by atoms with van der Waals surface area (Å²) in [5, 5.41) is 4.26. The second kappa shape index (κ2) is 8.54. The Morgan fingerprint density at radius 1 is 1.33 bits per heavy atom. The van der Waals surface area contributed by atoms with E-state index < -0.39 is 15.9 Å². The number of hydrazine groups is 1. The van der Waals surface area contributed by atoms with E-state index in [4.69, 9.17) is 4.55 Å². The highest BCUT2D eigenvalue weighted by atomic mass is 32.3. The topological polar surface area (TPSA) is 111 Å². The summed E-state index contributed by atoms with van der Waals surface area (Å²) >= 11 is 0. The van der Waals surface area contributed by atoms with Crippen molar-refractivity contribution in [1.29, 1.82) is 0 Å². The third-order valence-electron chi connectivity index (χ3n) is 4.11. The maximum atomic E-state index is 12.4. The van der Waals surface area contributed by atoms with Crippen LogP contribution in [0.15, 0.2) is 0 Å². The molecule has 3 N–H and O–H groups in total. The predicted molar refractivity (Wildman–Crippen MR) is 90.1 cm³/mol. The summed E-state index contributed by atoms with van der Waals surface area (Å²) < 4.78 is 33.7. The van der Waals surface area contributed by atoms with Gasteiger partial charge in [-0.15, -0.1) is 9.87 Å². The summed E-state index contributed by atoms with van der Waals surface area (Å²) in [6.07, 6.45) is 3.39. The summed E-state index contributed by atoms with van der Waals surface area (Å²) in [6.45, 7) is 8.51. The molecule has 0 aromatic carbocycles. The van der Waals surface area contributed by atoms with Crippen molar-refractivity contribution in [3.63, 3.8) is 0 Å². The molecule has 24 heavy (non-hydrogen) atoms. The van der Waals surface area contributed by atoms with Crippen LogP contribution in [0.1, 0.15) is 47.0 Å². The van der Waals surface area contributed by atoms with Gasteiger partial charge in [0.25, 0.3) is 0 Å². The Labute approximate surface area is 144 Å². The molecule has 1 fully saturated rings. The Bertz CT molecular complexity index is 515. The van der Waals surface area contributed by atoms with Gasteiger partial charge in [-0.05, 0) is 40.5 Å².